The molecule has 4 aromatic carbocycles. The Kier molecular flexibility index (Phi) is 6.35. The SMILES string of the molecule is O=C(NO)c1c(OC/C(=N\O)c2ccc(-c3ccc(Cl)cc3)cc2)ccc2ccccc12. The summed E-state index contributed by atoms with van der Waals surface area (Å²) in [6.45, 7) is -0.0825. The molecular weight excluding hydrogens is 428 g/mol. The summed E-state index contributed by atoms with van der Waals surface area (Å²) in [5, 5.41) is 24.2. The Hall–Kier alpha value is -3.87. The molecule has 0 fully saturated rings. The highest BCUT2D eigenvalue weighted by Crippen LogP contribution is 2.28. The van der Waals surface area contributed by atoms with Gasteiger partial charge in [-0.15, -0.1) is 0 Å². The fraction of sp³-hybridized carbons (Fsp3) is 0.0400. The number of carbonyl (C=O) groups is 1. The summed E-state index contributed by atoms with van der Waals surface area (Å²) in [5.41, 5.74) is 4.81. The van der Waals surface area contributed by atoms with E-state index < -0.39 is 5.91 Å². The number of hydrogen-bond acceptors (Lipinski definition) is 5. The molecule has 0 aliphatic rings. The zero-order valence-corrected chi connectivity index (χ0v) is 17.6. The lowest BCUT2D eigenvalue weighted by atomic mass is 10.0. The van der Waals surface area contributed by atoms with E-state index in [-0.39, 0.29) is 23.6 Å². The number of nitrogens with zero attached hydrogens (tertiary/aromatic N) is 1. The molecule has 3 N–H and O–H groups in total. The first-order chi connectivity index (χ1) is 15.6. The minimum atomic E-state index is -0.688. The van der Waals surface area contributed by atoms with Crippen molar-refractivity contribution < 1.29 is 19.9 Å². The summed E-state index contributed by atoms with van der Waals surface area (Å²) in [7, 11) is 0. The molecule has 0 unspecified atom stereocenters. The fourth-order valence-electron chi connectivity index (χ4n) is 3.48. The van der Waals surface area contributed by atoms with Crippen LogP contribution in [0.5, 0.6) is 5.75 Å². The maximum atomic E-state index is 12.3. The van der Waals surface area contributed by atoms with Crippen molar-refractivity contribution in [3.05, 3.63) is 101 Å². The lowest BCUT2D eigenvalue weighted by molar-refractivity contribution is 0.0704. The number of amides is 1. The van der Waals surface area contributed by atoms with Crippen LogP contribution in [-0.4, -0.2) is 28.6 Å². The molecule has 0 saturated carbocycles. The van der Waals surface area contributed by atoms with Crippen LogP contribution in [0.3, 0.4) is 0 Å². The number of halogens is 1. The molecule has 4 aromatic rings. The van der Waals surface area contributed by atoms with Crippen LogP contribution in [0.15, 0.2) is 90.1 Å². The van der Waals surface area contributed by atoms with E-state index in [0.717, 1.165) is 16.5 Å². The van der Waals surface area contributed by atoms with Gasteiger partial charge in [0, 0.05) is 10.6 Å². The molecule has 0 radical (unpaired) electrons. The van der Waals surface area contributed by atoms with E-state index in [2.05, 4.69) is 5.16 Å². The first kappa shape index (κ1) is 21.4. The minimum Gasteiger partial charge on any atom is -0.486 e. The van der Waals surface area contributed by atoms with Gasteiger partial charge in [-0.2, -0.15) is 0 Å². The van der Waals surface area contributed by atoms with Gasteiger partial charge in [-0.3, -0.25) is 10.0 Å². The van der Waals surface area contributed by atoms with Gasteiger partial charge in [0.2, 0.25) is 0 Å². The van der Waals surface area contributed by atoms with Crippen LogP contribution in [0.4, 0.5) is 0 Å². The predicted octanol–water partition coefficient (Wildman–Crippen LogP) is 5.54. The Morgan fingerprint density at radius 1 is 0.906 bits per heavy atom. The number of hydrogen-bond donors (Lipinski definition) is 3. The maximum absolute atomic E-state index is 12.3. The Morgan fingerprint density at radius 2 is 1.56 bits per heavy atom. The van der Waals surface area contributed by atoms with Crippen molar-refractivity contribution in [1.29, 1.82) is 0 Å². The third-order valence-electron chi connectivity index (χ3n) is 5.10. The normalized spacial score (nSPS) is 11.4. The predicted molar refractivity (Wildman–Crippen MR) is 124 cm³/mol. The molecular formula is C25H19ClN2O4. The van der Waals surface area contributed by atoms with Gasteiger partial charge in [-0.25, -0.2) is 5.48 Å². The van der Waals surface area contributed by atoms with Gasteiger partial charge in [0.05, 0.1) is 5.56 Å². The van der Waals surface area contributed by atoms with E-state index in [4.69, 9.17) is 16.3 Å². The summed E-state index contributed by atoms with van der Waals surface area (Å²) >= 11 is 5.95. The number of rotatable bonds is 6. The molecule has 0 saturated heterocycles. The second-order valence-electron chi connectivity index (χ2n) is 7.02. The Morgan fingerprint density at radius 3 is 2.22 bits per heavy atom. The van der Waals surface area contributed by atoms with Crippen molar-refractivity contribution in [3.63, 3.8) is 0 Å². The van der Waals surface area contributed by atoms with Crippen LogP contribution in [0, 0.1) is 0 Å². The fourth-order valence-corrected chi connectivity index (χ4v) is 3.60. The molecule has 7 heteroatoms. The molecule has 0 spiro atoms. The summed E-state index contributed by atoms with van der Waals surface area (Å²) in [5.74, 6) is -0.430. The van der Waals surface area contributed by atoms with Crippen LogP contribution < -0.4 is 10.2 Å². The molecule has 0 aliphatic carbocycles. The van der Waals surface area contributed by atoms with Gasteiger partial charge >= 0.3 is 0 Å². The summed E-state index contributed by atoms with van der Waals surface area (Å²) in [6, 6.07) is 25.7. The molecule has 160 valence electrons. The van der Waals surface area contributed by atoms with Gasteiger partial charge in [0.15, 0.2) is 0 Å². The largest absolute Gasteiger partial charge is 0.486 e. The molecule has 1 amide bonds. The van der Waals surface area contributed by atoms with Gasteiger partial charge in [-0.05, 0) is 40.1 Å². The molecule has 0 bridgehead atoms. The number of ether oxygens (including phenoxy) is 1. The molecule has 4 rings (SSSR count). The Balaban J connectivity index is 1.57. The number of oxime groups is 1. The standard InChI is InChI=1S/C25H19ClN2O4/c26-20-12-9-17(10-13-20)16-5-7-19(8-6-16)22(27-30)15-32-23-14-11-18-3-1-2-4-21(18)24(23)25(29)28-31/h1-14,30-31H,15H2,(H,28,29)/b27-22+. The van der Waals surface area contributed by atoms with Crippen LogP contribution in [0.1, 0.15) is 15.9 Å². The lowest BCUT2D eigenvalue weighted by Gasteiger charge is -2.14. The highest BCUT2D eigenvalue weighted by atomic mass is 35.5. The van der Waals surface area contributed by atoms with Gasteiger partial charge in [0.25, 0.3) is 5.91 Å². The number of hydroxylamine groups is 1. The highest BCUT2D eigenvalue weighted by Gasteiger charge is 2.17. The van der Waals surface area contributed by atoms with Gasteiger partial charge in [0.1, 0.15) is 18.1 Å². The molecule has 0 aliphatic heterocycles. The zero-order valence-electron chi connectivity index (χ0n) is 16.8. The third kappa shape index (κ3) is 4.42. The molecule has 0 atom stereocenters. The average Bonchev–Trinajstić information content (AvgIpc) is 2.84. The molecule has 0 heterocycles. The monoisotopic (exact) mass is 446 g/mol. The minimum absolute atomic E-state index is 0.0825. The van der Waals surface area contributed by atoms with E-state index in [0.29, 0.717) is 16.0 Å². The zero-order chi connectivity index (χ0) is 22.5. The second-order valence-corrected chi connectivity index (χ2v) is 7.46. The summed E-state index contributed by atoms with van der Waals surface area (Å²) < 4.78 is 5.83. The van der Waals surface area contributed by atoms with E-state index >= 15 is 0 Å². The quantitative estimate of drug-likeness (QED) is 0.157. The number of nitrogens with one attached hydrogen (secondary N) is 1. The first-order valence-electron chi connectivity index (χ1n) is 9.77. The number of carbonyl (C=O) groups excluding carboxylic acids is 1. The van der Waals surface area contributed by atoms with E-state index in [1.807, 2.05) is 66.7 Å². The Labute approximate surface area is 189 Å². The average molecular weight is 447 g/mol. The topological polar surface area (TPSA) is 91.2 Å². The second kappa shape index (κ2) is 9.51. The smallest absolute Gasteiger partial charge is 0.279 e. The summed E-state index contributed by atoms with van der Waals surface area (Å²) in [4.78, 5) is 12.3. The van der Waals surface area contributed by atoms with Crippen molar-refractivity contribution in [2.24, 2.45) is 5.16 Å². The molecule has 0 aromatic heterocycles. The van der Waals surface area contributed by atoms with Crippen LogP contribution >= 0.6 is 11.6 Å². The van der Waals surface area contributed by atoms with E-state index in [9.17, 15) is 15.2 Å². The van der Waals surface area contributed by atoms with Crippen molar-refractivity contribution in [1.82, 2.24) is 5.48 Å². The first-order valence-corrected chi connectivity index (χ1v) is 10.1. The van der Waals surface area contributed by atoms with Crippen molar-refractivity contribution in [2.45, 2.75) is 0 Å². The van der Waals surface area contributed by atoms with Crippen LogP contribution in [0.25, 0.3) is 21.9 Å². The third-order valence-corrected chi connectivity index (χ3v) is 5.35. The van der Waals surface area contributed by atoms with Crippen molar-refractivity contribution in [2.75, 3.05) is 6.61 Å². The van der Waals surface area contributed by atoms with E-state index in [1.54, 1.807) is 23.7 Å². The van der Waals surface area contributed by atoms with Gasteiger partial charge < -0.3 is 9.94 Å². The summed E-state index contributed by atoms with van der Waals surface area (Å²) in [6.07, 6.45) is 0. The number of benzene rings is 4. The van der Waals surface area contributed by atoms with Crippen LogP contribution in [0.2, 0.25) is 5.02 Å². The Bertz CT molecular complexity index is 1290. The lowest BCUT2D eigenvalue weighted by Crippen LogP contribution is -2.21. The molecule has 6 nitrogen and oxygen atoms in total. The molecule has 32 heavy (non-hydrogen) atoms. The highest BCUT2D eigenvalue weighted by molar-refractivity contribution is 6.30. The maximum Gasteiger partial charge on any atom is 0.279 e. The number of fused-ring (bicyclic) bond motifs is 1. The van der Waals surface area contributed by atoms with Gasteiger partial charge in [-0.1, -0.05) is 83.5 Å². The van der Waals surface area contributed by atoms with Crippen molar-refractivity contribution in [3.8, 4) is 16.9 Å². The van der Waals surface area contributed by atoms with Crippen LogP contribution in [-0.2, 0) is 0 Å². The van der Waals surface area contributed by atoms with Crippen molar-refractivity contribution >= 4 is 34.0 Å². The van der Waals surface area contributed by atoms with E-state index in [1.165, 1.54) is 0 Å².